The normalized spacial score (nSPS) is 11.8. The largest absolute Gasteiger partial charge is 0.481 e. The molecule has 3 aromatic rings. The van der Waals surface area contributed by atoms with Crippen LogP contribution in [0.1, 0.15) is 18.3 Å². The monoisotopic (exact) mass is 370 g/mol. The number of aryl methyl sites for hydroxylation is 1. The van der Waals surface area contributed by atoms with Crippen molar-refractivity contribution in [2.24, 2.45) is 0 Å². The fourth-order valence-corrected chi connectivity index (χ4v) is 2.71. The Morgan fingerprint density at radius 3 is 2.77 bits per heavy atom. The molecule has 0 saturated carbocycles. The average molecular weight is 371 g/mol. The first-order valence-corrected chi connectivity index (χ1v) is 8.57. The number of nitrogens with one attached hydrogen (secondary N) is 1. The van der Waals surface area contributed by atoms with Crippen molar-refractivity contribution < 1.29 is 9.53 Å². The summed E-state index contributed by atoms with van der Waals surface area (Å²) in [6, 6.07) is 15.0. The Kier molecular flexibility index (Phi) is 5.53. The third-order valence-corrected chi connectivity index (χ3v) is 4.12. The number of nitrogens with zero attached hydrogens (tertiary/aromatic N) is 3. The van der Waals surface area contributed by atoms with Crippen LogP contribution in [0.15, 0.2) is 54.9 Å². The SMILES string of the molecule is Cc1cc(Cl)ccc1OC(C)C(=O)NCc1nncn1-c1ccccc1. The Morgan fingerprint density at radius 1 is 1.27 bits per heavy atom. The summed E-state index contributed by atoms with van der Waals surface area (Å²) >= 11 is 5.94. The molecule has 0 saturated heterocycles. The van der Waals surface area contributed by atoms with E-state index in [1.807, 2.05) is 41.8 Å². The highest BCUT2D eigenvalue weighted by Gasteiger charge is 2.17. The van der Waals surface area contributed by atoms with E-state index in [1.54, 1.807) is 31.5 Å². The molecule has 0 aliphatic heterocycles. The molecule has 0 radical (unpaired) electrons. The highest BCUT2D eigenvalue weighted by atomic mass is 35.5. The molecule has 0 aliphatic carbocycles. The zero-order chi connectivity index (χ0) is 18.5. The maximum absolute atomic E-state index is 12.3. The molecule has 1 aromatic heterocycles. The van der Waals surface area contributed by atoms with Crippen LogP contribution in [0.25, 0.3) is 5.69 Å². The van der Waals surface area contributed by atoms with Crippen molar-refractivity contribution in [3.63, 3.8) is 0 Å². The van der Waals surface area contributed by atoms with Crippen LogP contribution in [0.3, 0.4) is 0 Å². The summed E-state index contributed by atoms with van der Waals surface area (Å²) in [5, 5.41) is 11.5. The van der Waals surface area contributed by atoms with Gasteiger partial charge in [0, 0.05) is 10.7 Å². The minimum Gasteiger partial charge on any atom is -0.481 e. The summed E-state index contributed by atoms with van der Waals surface area (Å²) in [7, 11) is 0. The topological polar surface area (TPSA) is 69.0 Å². The number of hydrogen-bond acceptors (Lipinski definition) is 4. The number of benzene rings is 2. The molecule has 1 unspecified atom stereocenters. The number of ether oxygens (including phenoxy) is 1. The number of aromatic nitrogens is 3. The first-order valence-electron chi connectivity index (χ1n) is 8.19. The van der Waals surface area contributed by atoms with Gasteiger partial charge in [0.25, 0.3) is 5.91 Å². The van der Waals surface area contributed by atoms with Crippen LogP contribution < -0.4 is 10.1 Å². The Balaban J connectivity index is 1.62. The Labute approximate surface area is 156 Å². The van der Waals surface area contributed by atoms with Gasteiger partial charge in [-0.3, -0.25) is 9.36 Å². The van der Waals surface area contributed by atoms with Crippen LogP contribution in [0.4, 0.5) is 0 Å². The third kappa shape index (κ3) is 4.21. The highest BCUT2D eigenvalue weighted by molar-refractivity contribution is 6.30. The second-order valence-electron chi connectivity index (χ2n) is 5.84. The van der Waals surface area contributed by atoms with E-state index in [0.29, 0.717) is 16.6 Å². The van der Waals surface area contributed by atoms with E-state index in [4.69, 9.17) is 16.3 Å². The Hall–Kier alpha value is -2.86. The third-order valence-electron chi connectivity index (χ3n) is 3.88. The molecule has 2 aromatic carbocycles. The van der Waals surface area contributed by atoms with Crippen molar-refractivity contribution in [3.05, 3.63) is 71.3 Å². The second-order valence-corrected chi connectivity index (χ2v) is 6.28. The van der Waals surface area contributed by atoms with Gasteiger partial charge in [0.05, 0.1) is 6.54 Å². The summed E-state index contributed by atoms with van der Waals surface area (Å²) in [6.45, 7) is 3.83. The molecule has 1 heterocycles. The molecule has 3 rings (SSSR count). The molecular weight excluding hydrogens is 352 g/mol. The van der Waals surface area contributed by atoms with E-state index in [0.717, 1.165) is 11.3 Å². The van der Waals surface area contributed by atoms with Crippen LogP contribution in [-0.2, 0) is 11.3 Å². The van der Waals surface area contributed by atoms with Gasteiger partial charge in [-0.05, 0) is 49.7 Å². The lowest BCUT2D eigenvalue weighted by molar-refractivity contribution is -0.127. The number of carbonyl (C=O) groups is 1. The molecule has 0 bridgehead atoms. The van der Waals surface area contributed by atoms with Crippen molar-refractivity contribution in [1.82, 2.24) is 20.1 Å². The van der Waals surface area contributed by atoms with E-state index in [2.05, 4.69) is 15.5 Å². The van der Waals surface area contributed by atoms with Gasteiger partial charge in [0.2, 0.25) is 0 Å². The van der Waals surface area contributed by atoms with Crippen molar-refractivity contribution in [3.8, 4) is 11.4 Å². The van der Waals surface area contributed by atoms with Crippen molar-refractivity contribution >= 4 is 17.5 Å². The zero-order valence-electron chi connectivity index (χ0n) is 14.5. The quantitative estimate of drug-likeness (QED) is 0.722. The van der Waals surface area contributed by atoms with Crippen LogP contribution >= 0.6 is 11.6 Å². The van der Waals surface area contributed by atoms with E-state index < -0.39 is 6.10 Å². The fraction of sp³-hybridized carbons (Fsp3) is 0.211. The van der Waals surface area contributed by atoms with Crippen LogP contribution in [0.2, 0.25) is 5.02 Å². The highest BCUT2D eigenvalue weighted by Crippen LogP contribution is 2.22. The number of carbonyl (C=O) groups excluding carboxylic acids is 1. The first-order chi connectivity index (χ1) is 12.5. The molecule has 7 heteroatoms. The first kappa shape index (κ1) is 17.9. The van der Waals surface area contributed by atoms with Gasteiger partial charge in [-0.15, -0.1) is 10.2 Å². The fourth-order valence-electron chi connectivity index (χ4n) is 2.48. The van der Waals surface area contributed by atoms with Crippen molar-refractivity contribution in [2.45, 2.75) is 26.5 Å². The molecule has 6 nitrogen and oxygen atoms in total. The molecular formula is C19H19ClN4O2. The lowest BCUT2D eigenvalue weighted by Gasteiger charge is -2.16. The predicted octanol–water partition coefficient (Wildman–Crippen LogP) is 3.31. The lowest BCUT2D eigenvalue weighted by Crippen LogP contribution is -2.36. The summed E-state index contributed by atoms with van der Waals surface area (Å²) in [5.74, 6) is 1.03. The van der Waals surface area contributed by atoms with Crippen molar-refractivity contribution in [1.29, 1.82) is 0 Å². The second kappa shape index (κ2) is 8.01. The minimum atomic E-state index is -0.650. The molecule has 0 fully saturated rings. The van der Waals surface area contributed by atoms with Gasteiger partial charge in [-0.2, -0.15) is 0 Å². The molecule has 1 amide bonds. The molecule has 0 spiro atoms. The molecule has 134 valence electrons. The van der Waals surface area contributed by atoms with Gasteiger partial charge in [0.1, 0.15) is 12.1 Å². The number of para-hydroxylation sites is 1. The molecule has 0 aliphatic rings. The van der Waals surface area contributed by atoms with Gasteiger partial charge < -0.3 is 10.1 Å². The van der Waals surface area contributed by atoms with Gasteiger partial charge in [-0.25, -0.2) is 0 Å². The van der Waals surface area contributed by atoms with Gasteiger partial charge in [-0.1, -0.05) is 29.8 Å². The number of hydrogen-bond donors (Lipinski definition) is 1. The summed E-state index contributed by atoms with van der Waals surface area (Å²) < 4.78 is 7.56. The summed E-state index contributed by atoms with van der Waals surface area (Å²) in [5.41, 5.74) is 1.81. The van der Waals surface area contributed by atoms with Crippen LogP contribution in [-0.4, -0.2) is 26.8 Å². The van der Waals surface area contributed by atoms with Crippen LogP contribution in [0.5, 0.6) is 5.75 Å². The average Bonchev–Trinajstić information content (AvgIpc) is 3.11. The lowest BCUT2D eigenvalue weighted by atomic mass is 10.2. The minimum absolute atomic E-state index is 0.234. The van der Waals surface area contributed by atoms with E-state index in [-0.39, 0.29) is 12.5 Å². The van der Waals surface area contributed by atoms with E-state index in [1.165, 1.54) is 0 Å². The smallest absolute Gasteiger partial charge is 0.261 e. The number of amides is 1. The van der Waals surface area contributed by atoms with E-state index in [9.17, 15) is 4.79 Å². The summed E-state index contributed by atoms with van der Waals surface area (Å²) in [4.78, 5) is 12.3. The molecule has 1 atom stereocenters. The van der Waals surface area contributed by atoms with Gasteiger partial charge in [0.15, 0.2) is 11.9 Å². The maximum atomic E-state index is 12.3. The van der Waals surface area contributed by atoms with E-state index >= 15 is 0 Å². The zero-order valence-corrected chi connectivity index (χ0v) is 15.3. The van der Waals surface area contributed by atoms with Gasteiger partial charge >= 0.3 is 0 Å². The maximum Gasteiger partial charge on any atom is 0.261 e. The van der Waals surface area contributed by atoms with Crippen molar-refractivity contribution in [2.75, 3.05) is 0 Å². The molecule has 26 heavy (non-hydrogen) atoms. The predicted molar refractivity (Wildman–Crippen MR) is 99.5 cm³/mol. The Morgan fingerprint density at radius 2 is 2.04 bits per heavy atom. The molecule has 1 N–H and O–H groups in total. The summed E-state index contributed by atoms with van der Waals surface area (Å²) in [6.07, 6.45) is 0.969. The van der Waals surface area contributed by atoms with Crippen LogP contribution in [0, 0.1) is 6.92 Å². The number of rotatable bonds is 6. The Bertz CT molecular complexity index is 896. The standard InChI is InChI=1S/C19H19ClN4O2/c1-13-10-15(20)8-9-17(13)26-14(2)19(25)21-11-18-23-22-12-24(18)16-6-4-3-5-7-16/h3-10,12,14H,11H2,1-2H3,(H,21,25). The number of halogens is 1.